The first-order chi connectivity index (χ1) is 10.6. The van der Waals surface area contributed by atoms with E-state index < -0.39 is 5.79 Å². The van der Waals surface area contributed by atoms with Gasteiger partial charge in [-0.2, -0.15) is 0 Å². The third-order valence-corrected chi connectivity index (χ3v) is 4.09. The van der Waals surface area contributed by atoms with Crippen molar-refractivity contribution in [1.82, 2.24) is 0 Å². The maximum Gasteiger partial charge on any atom is 0.163 e. The highest BCUT2D eigenvalue weighted by atomic mass is 16.8. The molecule has 4 nitrogen and oxygen atoms in total. The van der Waals surface area contributed by atoms with Crippen molar-refractivity contribution >= 4 is 0 Å². The van der Waals surface area contributed by atoms with Crippen molar-refractivity contribution in [2.75, 3.05) is 13.2 Å². The quantitative estimate of drug-likeness (QED) is 0.546. The average Bonchev–Trinajstić information content (AvgIpc) is 3.29. The number of unbranched alkanes of at least 4 members (excludes halogenated alkanes) is 1. The Labute approximate surface area is 132 Å². The van der Waals surface area contributed by atoms with E-state index in [1.54, 1.807) is 0 Å². The topological polar surface area (TPSA) is 40.2 Å². The van der Waals surface area contributed by atoms with Crippen molar-refractivity contribution in [3.05, 3.63) is 35.9 Å². The first kappa shape index (κ1) is 15.9. The molecule has 2 aliphatic rings. The molecule has 2 aliphatic heterocycles. The van der Waals surface area contributed by atoms with E-state index in [2.05, 4.69) is 12.1 Å². The second-order valence-electron chi connectivity index (χ2n) is 6.54. The fourth-order valence-electron chi connectivity index (χ4n) is 2.96. The molecule has 3 rings (SSSR count). The van der Waals surface area contributed by atoms with Crippen LogP contribution in [-0.4, -0.2) is 37.3 Å². The SMILES string of the molecule is CC1(C)O[C@H]([C@H]2CO2)[C@@H](CCCCOCc2ccccc2)O1. The first-order valence-electron chi connectivity index (χ1n) is 8.23. The summed E-state index contributed by atoms with van der Waals surface area (Å²) in [6.45, 7) is 6.24. The molecule has 0 bridgehead atoms. The number of epoxide rings is 1. The van der Waals surface area contributed by atoms with Gasteiger partial charge in [-0.05, 0) is 38.7 Å². The van der Waals surface area contributed by atoms with Crippen LogP contribution in [0.1, 0.15) is 38.7 Å². The maximum absolute atomic E-state index is 6.00. The second kappa shape index (κ2) is 7.09. The van der Waals surface area contributed by atoms with E-state index >= 15 is 0 Å². The van der Waals surface area contributed by atoms with Gasteiger partial charge in [-0.1, -0.05) is 30.3 Å². The first-order valence-corrected chi connectivity index (χ1v) is 8.23. The van der Waals surface area contributed by atoms with Gasteiger partial charge in [0.05, 0.1) is 19.3 Å². The minimum absolute atomic E-state index is 0.0974. The van der Waals surface area contributed by atoms with Gasteiger partial charge in [0, 0.05) is 6.61 Å². The summed E-state index contributed by atoms with van der Waals surface area (Å²) in [5, 5.41) is 0. The van der Waals surface area contributed by atoms with Gasteiger partial charge in [0.15, 0.2) is 5.79 Å². The average molecular weight is 306 g/mol. The molecule has 4 heteroatoms. The number of benzene rings is 1. The number of ether oxygens (including phenoxy) is 4. The maximum atomic E-state index is 6.00. The smallest absolute Gasteiger partial charge is 0.163 e. The van der Waals surface area contributed by atoms with Gasteiger partial charge in [0.2, 0.25) is 0 Å². The Morgan fingerprint density at radius 1 is 1.14 bits per heavy atom. The Hall–Kier alpha value is -0.940. The van der Waals surface area contributed by atoms with Crippen LogP contribution in [0.5, 0.6) is 0 Å². The lowest BCUT2D eigenvalue weighted by atomic mass is 10.1. The molecule has 0 N–H and O–H groups in total. The van der Waals surface area contributed by atoms with Crippen LogP contribution in [0.3, 0.4) is 0 Å². The van der Waals surface area contributed by atoms with Crippen LogP contribution in [0.2, 0.25) is 0 Å². The molecule has 0 unspecified atom stereocenters. The third-order valence-electron chi connectivity index (χ3n) is 4.09. The molecule has 3 atom stereocenters. The molecule has 122 valence electrons. The summed E-state index contributed by atoms with van der Waals surface area (Å²) in [5.41, 5.74) is 1.22. The van der Waals surface area contributed by atoms with Crippen molar-refractivity contribution < 1.29 is 18.9 Å². The molecule has 0 spiro atoms. The molecule has 0 radical (unpaired) electrons. The van der Waals surface area contributed by atoms with Crippen LogP contribution in [0.25, 0.3) is 0 Å². The van der Waals surface area contributed by atoms with Crippen LogP contribution < -0.4 is 0 Å². The third kappa shape index (κ3) is 4.53. The van der Waals surface area contributed by atoms with Gasteiger partial charge < -0.3 is 18.9 Å². The summed E-state index contributed by atoms with van der Waals surface area (Å²) < 4.78 is 23.0. The standard InChI is InChI=1S/C18H26O4/c1-18(2)21-15(17(22-18)16-13-20-16)10-6-7-11-19-12-14-8-4-3-5-9-14/h3-5,8-9,15-17H,6-7,10-13H2,1-2H3/t15-,16-,17+/m1/s1. The lowest BCUT2D eigenvalue weighted by molar-refractivity contribution is -0.148. The Morgan fingerprint density at radius 3 is 2.64 bits per heavy atom. The normalized spacial score (nSPS) is 29.6. The Morgan fingerprint density at radius 2 is 1.91 bits per heavy atom. The molecule has 0 amide bonds. The van der Waals surface area contributed by atoms with Crippen molar-refractivity contribution in [2.24, 2.45) is 0 Å². The molecule has 1 aromatic carbocycles. The lowest BCUT2D eigenvalue weighted by Gasteiger charge is -2.16. The summed E-state index contributed by atoms with van der Waals surface area (Å²) in [7, 11) is 0. The molecule has 1 aromatic rings. The molecular weight excluding hydrogens is 280 g/mol. The fourth-order valence-corrected chi connectivity index (χ4v) is 2.96. The summed E-state index contributed by atoms with van der Waals surface area (Å²) in [4.78, 5) is 0. The van der Waals surface area contributed by atoms with Gasteiger partial charge in [0.1, 0.15) is 12.2 Å². The van der Waals surface area contributed by atoms with E-state index in [1.165, 1.54) is 5.56 Å². The highest BCUT2D eigenvalue weighted by molar-refractivity contribution is 5.13. The van der Waals surface area contributed by atoms with Crippen LogP contribution in [-0.2, 0) is 25.6 Å². The summed E-state index contributed by atoms with van der Waals surface area (Å²) in [6.07, 6.45) is 3.62. The van der Waals surface area contributed by atoms with E-state index in [0.29, 0.717) is 6.61 Å². The van der Waals surface area contributed by atoms with Crippen molar-refractivity contribution in [3.8, 4) is 0 Å². The van der Waals surface area contributed by atoms with E-state index in [9.17, 15) is 0 Å². The lowest BCUT2D eigenvalue weighted by Crippen LogP contribution is -2.28. The van der Waals surface area contributed by atoms with Gasteiger partial charge in [0.25, 0.3) is 0 Å². The van der Waals surface area contributed by atoms with Gasteiger partial charge in [-0.25, -0.2) is 0 Å². The van der Waals surface area contributed by atoms with E-state index in [-0.39, 0.29) is 18.3 Å². The zero-order chi connectivity index (χ0) is 15.4. The summed E-state index contributed by atoms with van der Waals surface area (Å²) >= 11 is 0. The highest BCUT2D eigenvalue weighted by Gasteiger charge is 2.49. The fraction of sp³-hybridized carbons (Fsp3) is 0.667. The molecule has 0 aromatic heterocycles. The molecule has 0 saturated carbocycles. The minimum Gasteiger partial charge on any atom is -0.377 e. The monoisotopic (exact) mass is 306 g/mol. The van der Waals surface area contributed by atoms with Crippen molar-refractivity contribution in [1.29, 1.82) is 0 Å². The van der Waals surface area contributed by atoms with Crippen LogP contribution in [0.4, 0.5) is 0 Å². The summed E-state index contributed by atoms with van der Waals surface area (Å²) in [5.74, 6) is -0.481. The predicted molar refractivity (Wildman–Crippen MR) is 83.5 cm³/mol. The Kier molecular flexibility index (Phi) is 5.14. The van der Waals surface area contributed by atoms with Gasteiger partial charge in [-0.15, -0.1) is 0 Å². The molecular formula is C18H26O4. The van der Waals surface area contributed by atoms with Crippen molar-refractivity contribution in [3.63, 3.8) is 0 Å². The molecule has 22 heavy (non-hydrogen) atoms. The Balaban J connectivity index is 1.31. The highest BCUT2D eigenvalue weighted by Crippen LogP contribution is 2.36. The van der Waals surface area contributed by atoms with Gasteiger partial charge in [-0.3, -0.25) is 0 Å². The Bertz CT molecular complexity index is 455. The van der Waals surface area contributed by atoms with E-state index in [4.69, 9.17) is 18.9 Å². The number of hydrogen-bond acceptors (Lipinski definition) is 4. The zero-order valence-corrected chi connectivity index (χ0v) is 13.5. The van der Waals surface area contributed by atoms with E-state index in [1.807, 2.05) is 32.0 Å². The zero-order valence-electron chi connectivity index (χ0n) is 13.5. The minimum atomic E-state index is -0.481. The van der Waals surface area contributed by atoms with E-state index in [0.717, 1.165) is 32.5 Å². The van der Waals surface area contributed by atoms with Gasteiger partial charge >= 0.3 is 0 Å². The van der Waals surface area contributed by atoms with Crippen LogP contribution in [0.15, 0.2) is 30.3 Å². The molecule has 2 fully saturated rings. The van der Waals surface area contributed by atoms with Crippen LogP contribution in [0, 0.1) is 0 Å². The molecule has 2 saturated heterocycles. The molecule has 2 heterocycles. The second-order valence-corrected chi connectivity index (χ2v) is 6.54. The molecule has 0 aliphatic carbocycles. The summed E-state index contributed by atoms with van der Waals surface area (Å²) in [6, 6.07) is 10.3. The predicted octanol–water partition coefficient (Wildman–Crippen LogP) is 3.29. The number of rotatable bonds is 8. The number of hydrogen-bond donors (Lipinski definition) is 0. The van der Waals surface area contributed by atoms with Crippen molar-refractivity contribution in [2.45, 2.75) is 63.8 Å². The largest absolute Gasteiger partial charge is 0.377 e. The van der Waals surface area contributed by atoms with Crippen LogP contribution >= 0.6 is 0 Å².